The minimum absolute atomic E-state index is 0.00423. The summed E-state index contributed by atoms with van der Waals surface area (Å²) in [5.41, 5.74) is 7.16. The number of carbonyl (C=O) groups excluding carboxylic acids is 1. The fourth-order valence-electron chi connectivity index (χ4n) is 1.78. The molecule has 1 aromatic carbocycles. The number of nitrogens with two attached hydrogens (primary N) is 1. The minimum Gasteiger partial charge on any atom is -0.495 e. The maximum Gasteiger partial charge on any atom is 0.324 e. The number of benzene rings is 1. The molecule has 0 aromatic heterocycles. The Bertz CT molecular complexity index is 420. The molecule has 1 aliphatic rings. The fraction of sp³-hybridized carbons (Fsp3) is 0.364. The fourth-order valence-corrected chi connectivity index (χ4v) is 1.78. The van der Waals surface area contributed by atoms with Crippen molar-refractivity contribution < 1.29 is 9.53 Å². The lowest BCUT2D eigenvalue weighted by atomic mass is 10.2. The Hall–Kier alpha value is -1.91. The van der Waals surface area contributed by atoms with Crippen LogP contribution in [0.4, 0.5) is 16.2 Å². The van der Waals surface area contributed by atoms with Gasteiger partial charge in [0.05, 0.1) is 12.8 Å². The third kappa shape index (κ3) is 1.64. The zero-order valence-corrected chi connectivity index (χ0v) is 9.43. The number of anilines is 2. The number of nitrogens with zero attached hydrogens (tertiary/aromatic N) is 2. The van der Waals surface area contributed by atoms with E-state index in [-0.39, 0.29) is 6.03 Å². The number of carbonyl (C=O) groups is 1. The molecule has 0 bridgehead atoms. The Kier molecular flexibility index (Phi) is 2.60. The van der Waals surface area contributed by atoms with Crippen LogP contribution in [0, 0.1) is 0 Å². The normalized spacial score (nSPS) is 15.8. The smallest absolute Gasteiger partial charge is 0.324 e. The molecular weight excluding hydrogens is 206 g/mol. The number of methoxy groups -OCH3 is 1. The van der Waals surface area contributed by atoms with Gasteiger partial charge in [-0.2, -0.15) is 0 Å². The highest BCUT2D eigenvalue weighted by Gasteiger charge is 2.26. The molecule has 1 aliphatic heterocycles. The van der Waals surface area contributed by atoms with Gasteiger partial charge in [0, 0.05) is 25.8 Å². The minimum atomic E-state index is 0.00423. The lowest BCUT2D eigenvalue weighted by Gasteiger charge is -2.17. The van der Waals surface area contributed by atoms with E-state index >= 15 is 0 Å². The third-order valence-electron chi connectivity index (χ3n) is 2.74. The largest absolute Gasteiger partial charge is 0.495 e. The van der Waals surface area contributed by atoms with Gasteiger partial charge < -0.3 is 15.4 Å². The molecule has 2 rings (SSSR count). The van der Waals surface area contributed by atoms with Gasteiger partial charge >= 0.3 is 6.03 Å². The van der Waals surface area contributed by atoms with Crippen LogP contribution in [0.15, 0.2) is 18.2 Å². The predicted molar refractivity (Wildman–Crippen MR) is 62.8 cm³/mol. The Morgan fingerprint density at radius 1 is 1.38 bits per heavy atom. The molecule has 86 valence electrons. The molecule has 2 N–H and O–H groups in total. The van der Waals surface area contributed by atoms with Crippen LogP contribution in [0.25, 0.3) is 0 Å². The number of ether oxygens (including phenoxy) is 1. The Morgan fingerprint density at radius 3 is 2.62 bits per heavy atom. The molecule has 0 spiro atoms. The van der Waals surface area contributed by atoms with Gasteiger partial charge in [0.2, 0.25) is 0 Å². The second-order valence-electron chi connectivity index (χ2n) is 3.78. The van der Waals surface area contributed by atoms with Crippen molar-refractivity contribution in [1.29, 1.82) is 0 Å². The van der Waals surface area contributed by atoms with Gasteiger partial charge in [-0.15, -0.1) is 0 Å². The quantitative estimate of drug-likeness (QED) is 0.762. The van der Waals surface area contributed by atoms with E-state index in [0.29, 0.717) is 18.0 Å². The van der Waals surface area contributed by atoms with Crippen molar-refractivity contribution in [1.82, 2.24) is 4.90 Å². The van der Waals surface area contributed by atoms with Crippen LogP contribution >= 0.6 is 0 Å². The molecule has 0 aliphatic carbocycles. The molecule has 0 saturated carbocycles. The van der Waals surface area contributed by atoms with Gasteiger partial charge in [-0.05, 0) is 18.2 Å². The highest BCUT2D eigenvalue weighted by molar-refractivity contribution is 5.94. The number of nitrogen functional groups attached to an aromatic ring is 1. The van der Waals surface area contributed by atoms with Crippen LogP contribution in [-0.4, -0.2) is 38.2 Å². The summed E-state index contributed by atoms with van der Waals surface area (Å²) in [6.45, 7) is 1.44. The summed E-state index contributed by atoms with van der Waals surface area (Å²) in [5, 5.41) is 0. The van der Waals surface area contributed by atoms with E-state index in [1.165, 1.54) is 0 Å². The van der Waals surface area contributed by atoms with Gasteiger partial charge in [-0.3, -0.25) is 4.90 Å². The van der Waals surface area contributed by atoms with Gasteiger partial charge in [-0.1, -0.05) is 0 Å². The Balaban J connectivity index is 2.28. The van der Waals surface area contributed by atoms with Crippen molar-refractivity contribution in [2.24, 2.45) is 0 Å². The molecule has 0 unspecified atom stereocenters. The van der Waals surface area contributed by atoms with E-state index in [2.05, 4.69) is 0 Å². The van der Waals surface area contributed by atoms with Crippen molar-refractivity contribution in [2.75, 3.05) is 37.9 Å². The SMILES string of the molecule is COc1ccc(N2CCN(C)C2=O)cc1N. The van der Waals surface area contributed by atoms with E-state index in [1.54, 1.807) is 36.1 Å². The van der Waals surface area contributed by atoms with E-state index < -0.39 is 0 Å². The van der Waals surface area contributed by atoms with Crippen molar-refractivity contribution >= 4 is 17.4 Å². The lowest BCUT2D eigenvalue weighted by molar-refractivity contribution is 0.229. The summed E-state index contributed by atoms with van der Waals surface area (Å²) in [6.07, 6.45) is 0. The number of likely N-dealkylation sites (N-methyl/N-ethyl adjacent to an activating group) is 1. The van der Waals surface area contributed by atoms with Crippen LogP contribution in [0.5, 0.6) is 5.75 Å². The summed E-state index contributed by atoms with van der Waals surface area (Å²) in [6, 6.07) is 5.38. The maximum absolute atomic E-state index is 11.8. The van der Waals surface area contributed by atoms with Crippen molar-refractivity contribution in [2.45, 2.75) is 0 Å². The van der Waals surface area contributed by atoms with Crippen LogP contribution < -0.4 is 15.4 Å². The van der Waals surface area contributed by atoms with Gasteiger partial charge in [0.25, 0.3) is 0 Å². The lowest BCUT2D eigenvalue weighted by Crippen LogP contribution is -2.29. The monoisotopic (exact) mass is 221 g/mol. The van der Waals surface area contributed by atoms with Crippen molar-refractivity contribution in [3.05, 3.63) is 18.2 Å². The molecular formula is C11H15N3O2. The van der Waals surface area contributed by atoms with Crippen LogP contribution in [0.3, 0.4) is 0 Å². The summed E-state index contributed by atoms with van der Waals surface area (Å²) in [7, 11) is 3.36. The maximum atomic E-state index is 11.8. The first-order chi connectivity index (χ1) is 7.63. The third-order valence-corrected chi connectivity index (χ3v) is 2.74. The average molecular weight is 221 g/mol. The molecule has 1 aromatic rings. The van der Waals surface area contributed by atoms with E-state index in [9.17, 15) is 4.79 Å². The first-order valence-electron chi connectivity index (χ1n) is 5.09. The summed E-state index contributed by atoms with van der Waals surface area (Å²) < 4.78 is 5.07. The number of hydrogen-bond acceptors (Lipinski definition) is 3. The molecule has 5 nitrogen and oxygen atoms in total. The average Bonchev–Trinajstić information content (AvgIpc) is 2.60. The Morgan fingerprint density at radius 2 is 2.12 bits per heavy atom. The molecule has 0 radical (unpaired) electrons. The Labute approximate surface area is 94.4 Å². The summed E-state index contributed by atoms with van der Waals surface area (Å²) in [5.74, 6) is 0.628. The summed E-state index contributed by atoms with van der Waals surface area (Å²) in [4.78, 5) is 15.1. The number of rotatable bonds is 2. The predicted octanol–water partition coefficient (Wildman–Crippen LogP) is 1.15. The van der Waals surface area contributed by atoms with Gasteiger partial charge in [0.1, 0.15) is 5.75 Å². The first-order valence-corrected chi connectivity index (χ1v) is 5.09. The molecule has 16 heavy (non-hydrogen) atoms. The second kappa shape index (κ2) is 3.92. The number of urea groups is 1. The van der Waals surface area contributed by atoms with E-state index in [1.807, 2.05) is 6.07 Å². The molecule has 1 saturated heterocycles. The summed E-state index contributed by atoms with van der Waals surface area (Å²) >= 11 is 0. The zero-order valence-electron chi connectivity index (χ0n) is 9.43. The van der Waals surface area contributed by atoms with Crippen LogP contribution in [-0.2, 0) is 0 Å². The first kappa shape index (κ1) is 10.6. The van der Waals surface area contributed by atoms with Crippen molar-refractivity contribution in [3.63, 3.8) is 0 Å². The topological polar surface area (TPSA) is 58.8 Å². The van der Waals surface area contributed by atoms with Crippen molar-refractivity contribution in [3.8, 4) is 5.75 Å². The number of amides is 2. The molecule has 1 heterocycles. The van der Waals surface area contributed by atoms with E-state index in [0.717, 1.165) is 12.2 Å². The molecule has 0 atom stereocenters. The molecule has 1 fully saturated rings. The molecule has 2 amide bonds. The highest BCUT2D eigenvalue weighted by atomic mass is 16.5. The standard InChI is InChI=1S/C11H15N3O2/c1-13-5-6-14(11(13)15)8-3-4-10(16-2)9(12)7-8/h3-4,7H,5-6,12H2,1-2H3. The second-order valence-corrected chi connectivity index (χ2v) is 3.78. The molecule has 5 heteroatoms. The van der Waals surface area contributed by atoms with Crippen LogP contribution in [0.2, 0.25) is 0 Å². The number of hydrogen-bond donors (Lipinski definition) is 1. The van der Waals surface area contributed by atoms with Gasteiger partial charge in [0.15, 0.2) is 0 Å². The van der Waals surface area contributed by atoms with Crippen LogP contribution in [0.1, 0.15) is 0 Å². The zero-order chi connectivity index (χ0) is 11.7. The van der Waals surface area contributed by atoms with E-state index in [4.69, 9.17) is 10.5 Å². The highest BCUT2D eigenvalue weighted by Crippen LogP contribution is 2.28. The van der Waals surface area contributed by atoms with Gasteiger partial charge in [-0.25, -0.2) is 4.79 Å².